The van der Waals surface area contributed by atoms with Gasteiger partial charge >= 0.3 is 0 Å². The molecule has 1 N–H and O–H groups in total. The van der Waals surface area contributed by atoms with Crippen molar-refractivity contribution in [1.82, 2.24) is 15.2 Å². The van der Waals surface area contributed by atoms with Crippen molar-refractivity contribution in [3.63, 3.8) is 0 Å². The minimum Gasteiger partial charge on any atom is -0.393 e. The molecule has 3 rings (SSSR count). The maximum atomic E-state index is 14.0. The SMILES string of the molecule is OCC1(F)CCN(c2nnc(-c3ccccn3)s2)C1. The van der Waals surface area contributed by atoms with Crippen LogP contribution in [-0.4, -0.2) is 45.7 Å². The molecule has 1 fully saturated rings. The Hall–Kier alpha value is -1.60. The van der Waals surface area contributed by atoms with Crippen LogP contribution in [0.15, 0.2) is 24.4 Å². The quantitative estimate of drug-likeness (QED) is 0.923. The van der Waals surface area contributed by atoms with Gasteiger partial charge in [0.15, 0.2) is 10.7 Å². The molecule has 2 aromatic rings. The largest absolute Gasteiger partial charge is 0.393 e. The number of hydrogen-bond acceptors (Lipinski definition) is 6. The maximum Gasteiger partial charge on any atom is 0.208 e. The normalized spacial score (nSPS) is 22.9. The van der Waals surface area contributed by atoms with Crippen LogP contribution in [0.5, 0.6) is 0 Å². The molecule has 3 heterocycles. The van der Waals surface area contributed by atoms with Gasteiger partial charge in [0.2, 0.25) is 5.13 Å². The van der Waals surface area contributed by atoms with E-state index >= 15 is 0 Å². The molecular weight excluding hydrogens is 267 g/mol. The number of anilines is 1. The van der Waals surface area contributed by atoms with E-state index < -0.39 is 12.3 Å². The molecule has 0 bridgehead atoms. The zero-order chi connectivity index (χ0) is 13.3. The second-order valence-corrected chi connectivity index (χ2v) is 5.54. The fourth-order valence-electron chi connectivity index (χ4n) is 2.06. The van der Waals surface area contributed by atoms with Crippen molar-refractivity contribution < 1.29 is 9.50 Å². The van der Waals surface area contributed by atoms with Gasteiger partial charge in [0.1, 0.15) is 5.69 Å². The molecular formula is C12H13FN4OS. The molecule has 1 unspecified atom stereocenters. The summed E-state index contributed by atoms with van der Waals surface area (Å²) in [5.41, 5.74) is -0.754. The van der Waals surface area contributed by atoms with Gasteiger partial charge in [-0.15, -0.1) is 10.2 Å². The lowest BCUT2D eigenvalue weighted by atomic mass is 10.1. The minimum absolute atomic E-state index is 0.167. The summed E-state index contributed by atoms with van der Waals surface area (Å²) in [5, 5.41) is 18.6. The topological polar surface area (TPSA) is 62.1 Å². The van der Waals surface area contributed by atoms with Gasteiger partial charge in [-0.05, 0) is 12.1 Å². The predicted molar refractivity (Wildman–Crippen MR) is 70.9 cm³/mol. The van der Waals surface area contributed by atoms with Gasteiger partial charge in [0.05, 0.1) is 13.2 Å². The number of aliphatic hydroxyl groups excluding tert-OH is 1. The third-order valence-corrected chi connectivity index (χ3v) is 4.16. The zero-order valence-corrected chi connectivity index (χ0v) is 11.0. The summed E-state index contributed by atoms with van der Waals surface area (Å²) in [6.45, 7) is 0.268. The number of nitrogens with zero attached hydrogens (tertiary/aromatic N) is 4. The number of hydrogen-bond donors (Lipinski definition) is 1. The molecule has 0 spiro atoms. The molecule has 1 aliphatic heterocycles. The highest BCUT2D eigenvalue weighted by atomic mass is 32.1. The van der Waals surface area contributed by atoms with Crippen LogP contribution in [0, 0.1) is 0 Å². The lowest BCUT2D eigenvalue weighted by Gasteiger charge is -2.17. The summed E-state index contributed by atoms with van der Waals surface area (Å²) in [4.78, 5) is 6.03. The standard InChI is InChI=1S/C12H13FN4OS/c13-12(8-18)4-6-17(7-12)11-16-15-10(19-11)9-3-1-2-5-14-9/h1-3,5,18H,4,6-8H2. The van der Waals surface area contributed by atoms with E-state index in [-0.39, 0.29) is 6.54 Å². The Labute approximate surface area is 113 Å². The van der Waals surface area contributed by atoms with E-state index in [4.69, 9.17) is 5.11 Å². The lowest BCUT2D eigenvalue weighted by Crippen LogP contribution is -2.32. The molecule has 0 radical (unpaired) electrons. The molecule has 2 aromatic heterocycles. The van der Waals surface area contributed by atoms with Crippen LogP contribution < -0.4 is 4.90 Å². The second-order valence-electron chi connectivity index (χ2n) is 4.59. The molecule has 0 aromatic carbocycles. The highest BCUT2D eigenvalue weighted by Gasteiger charge is 2.39. The molecule has 1 atom stereocenters. The van der Waals surface area contributed by atoms with Gasteiger partial charge in [-0.25, -0.2) is 4.39 Å². The first-order valence-corrected chi connectivity index (χ1v) is 6.81. The van der Waals surface area contributed by atoms with Gasteiger partial charge in [-0.1, -0.05) is 17.4 Å². The molecule has 0 amide bonds. The van der Waals surface area contributed by atoms with E-state index in [0.29, 0.717) is 18.1 Å². The summed E-state index contributed by atoms with van der Waals surface area (Å²) in [7, 11) is 0. The van der Waals surface area contributed by atoms with E-state index in [0.717, 1.165) is 10.7 Å². The Morgan fingerprint density at radius 3 is 3.00 bits per heavy atom. The number of pyridine rings is 1. The Bertz CT molecular complexity index is 564. The van der Waals surface area contributed by atoms with Crippen molar-refractivity contribution in [2.45, 2.75) is 12.1 Å². The van der Waals surface area contributed by atoms with Crippen LogP contribution >= 0.6 is 11.3 Å². The molecule has 100 valence electrons. The first-order valence-electron chi connectivity index (χ1n) is 6.00. The smallest absolute Gasteiger partial charge is 0.208 e. The number of aliphatic hydroxyl groups is 1. The minimum atomic E-state index is -1.52. The van der Waals surface area contributed by atoms with Crippen molar-refractivity contribution in [3.05, 3.63) is 24.4 Å². The van der Waals surface area contributed by atoms with Crippen LogP contribution in [0.25, 0.3) is 10.7 Å². The molecule has 0 aliphatic carbocycles. The lowest BCUT2D eigenvalue weighted by molar-refractivity contribution is 0.0910. The number of alkyl halides is 1. The number of halogens is 1. The first kappa shape index (κ1) is 12.4. The van der Waals surface area contributed by atoms with Gasteiger partial charge in [-0.2, -0.15) is 0 Å². The van der Waals surface area contributed by atoms with Crippen LogP contribution in [0.1, 0.15) is 6.42 Å². The second kappa shape index (κ2) is 4.82. The monoisotopic (exact) mass is 280 g/mol. The van der Waals surface area contributed by atoms with Crippen molar-refractivity contribution in [2.75, 3.05) is 24.6 Å². The van der Waals surface area contributed by atoms with Crippen molar-refractivity contribution in [1.29, 1.82) is 0 Å². The number of aromatic nitrogens is 3. The van der Waals surface area contributed by atoms with E-state index in [1.807, 2.05) is 23.1 Å². The van der Waals surface area contributed by atoms with Gasteiger partial charge in [0, 0.05) is 19.2 Å². The third-order valence-electron chi connectivity index (χ3n) is 3.16. The molecule has 5 nitrogen and oxygen atoms in total. The fraction of sp³-hybridized carbons (Fsp3) is 0.417. The van der Waals surface area contributed by atoms with E-state index in [1.54, 1.807) is 6.20 Å². The Balaban J connectivity index is 1.80. The Morgan fingerprint density at radius 2 is 2.32 bits per heavy atom. The van der Waals surface area contributed by atoms with E-state index in [2.05, 4.69) is 15.2 Å². The van der Waals surface area contributed by atoms with Crippen LogP contribution in [-0.2, 0) is 0 Å². The summed E-state index contributed by atoms with van der Waals surface area (Å²) in [6, 6.07) is 5.59. The summed E-state index contributed by atoms with van der Waals surface area (Å²) < 4.78 is 14.0. The third kappa shape index (κ3) is 2.43. The molecule has 7 heteroatoms. The predicted octanol–water partition coefficient (Wildman–Crippen LogP) is 1.51. The van der Waals surface area contributed by atoms with E-state index in [1.165, 1.54) is 11.3 Å². The summed E-state index contributed by atoms with van der Waals surface area (Å²) in [6.07, 6.45) is 2.02. The van der Waals surface area contributed by atoms with Crippen LogP contribution in [0.2, 0.25) is 0 Å². The molecule has 19 heavy (non-hydrogen) atoms. The fourth-order valence-corrected chi connectivity index (χ4v) is 2.91. The molecule has 1 aliphatic rings. The summed E-state index contributed by atoms with van der Waals surface area (Å²) >= 11 is 1.39. The van der Waals surface area contributed by atoms with Gasteiger partial charge < -0.3 is 10.0 Å². The Kier molecular flexibility index (Phi) is 3.16. The number of rotatable bonds is 3. The van der Waals surface area contributed by atoms with Crippen LogP contribution in [0.4, 0.5) is 9.52 Å². The highest BCUT2D eigenvalue weighted by Crippen LogP contribution is 2.33. The highest BCUT2D eigenvalue weighted by molar-refractivity contribution is 7.18. The molecule has 1 saturated heterocycles. The average molecular weight is 280 g/mol. The summed E-state index contributed by atoms with van der Waals surface area (Å²) in [5.74, 6) is 0. The van der Waals surface area contributed by atoms with Crippen molar-refractivity contribution in [3.8, 4) is 10.7 Å². The van der Waals surface area contributed by atoms with E-state index in [9.17, 15) is 4.39 Å². The molecule has 0 saturated carbocycles. The zero-order valence-electron chi connectivity index (χ0n) is 10.2. The van der Waals surface area contributed by atoms with Crippen LogP contribution in [0.3, 0.4) is 0 Å². The maximum absolute atomic E-state index is 14.0. The van der Waals surface area contributed by atoms with Crippen molar-refractivity contribution in [2.24, 2.45) is 0 Å². The Morgan fingerprint density at radius 1 is 1.42 bits per heavy atom. The van der Waals surface area contributed by atoms with Gasteiger partial charge in [0.25, 0.3) is 0 Å². The van der Waals surface area contributed by atoms with Gasteiger partial charge in [-0.3, -0.25) is 4.98 Å². The first-order chi connectivity index (χ1) is 9.20. The van der Waals surface area contributed by atoms with Crippen molar-refractivity contribution >= 4 is 16.5 Å². The average Bonchev–Trinajstić information content (AvgIpc) is 3.07.